The molecule has 2 aliphatic rings. The lowest BCUT2D eigenvalue weighted by atomic mass is 9.98. The zero-order valence-electron chi connectivity index (χ0n) is 11.1. The molecule has 2 unspecified atom stereocenters. The highest BCUT2D eigenvalue weighted by atomic mass is 16.5. The fourth-order valence-corrected chi connectivity index (χ4v) is 3.35. The topological polar surface area (TPSA) is 37.4 Å². The molecular formula is C14H21N3O. The van der Waals surface area contributed by atoms with E-state index in [1.807, 2.05) is 18.3 Å². The van der Waals surface area contributed by atoms with Gasteiger partial charge in [0.25, 0.3) is 0 Å². The van der Waals surface area contributed by atoms with Crippen LogP contribution in [0.3, 0.4) is 0 Å². The molecule has 1 aromatic rings. The Labute approximate surface area is 108 Å². The van der Waals surface area contributed by atoms with Gasteiger partial charge in [-0.2, -0.15) is 0 Å². The SMILES string of the molecule is COc1ccc(NC2CC3CCC(C2)N3C)cn1. The summed E-state index contributed by atoms with van der Waals surface area (Å²) in [6.45, 7) is 0. The van der Waals surface area contributed by atoms with Gasteiger partial charge in [-0.05, 0) is 38.8 Å². The molecule has 2 atom stereocenters. The highest BCUT2D eigenvalue weighted by Crippen LogP contribution is 2.35. The summed E-state index contributed by atoms with van der Waals surface area (Å²) in [5.41, 5.74) is 1.10. The summed E-state index contributed by atoms with van der Waals surface area (Å²) in [6.07, 6.45) is 7.08. The number of anilines is 1. The Morgan fingerprint density at radius 2 is 2.00 bits per heavy atom. The molecule has 2 saturated heterocycles. The zero-order chi connectivity index (χ0) is 12.5. The highest BCUT2D eigenvalue weighted by molar-refractivity contribution is 5.43. The van der Waals surface area contributed by atoms with Gasteiger partial charge < -0.3 is 15.0 Å². The van der Waals surface area contributed by atoms with Crippen molar-refractivity contribution in [3.05, 3.63) is 18.3 Å². The minimum atomic E-state index is 0.592. The smallest absolute Gasteiger partial charge is 0.213 e. The number of rotatable bonds is 3. The molecule has 18 heavy (non-hydrogen) atoms. The van der Waals surface area contributed by atoms with Gasteiger partial charge in [0.2, 0.25) is 5.88 Å². The van der Waals surface area contributed by atoms with Crippen LogP contribution >= 0.6 is 0 Å². The average Bonchev–Trinajstić information content (AvgIpc) is 2.63. The third-order valence-electron chi connectivity index (χ3n) is 4.41. The van der Waals surface area contributed by atoms with E-state index in [1.165, 1.54) is 25.7 Å². The van der Waals surface area contributed by atoms with Crippen molar-refractivity contribution < 1.29 is 4.74 Å². The Kier molecular flexibility index (Phi) is 3.12. The van der Waals surface area contributed by atoms with E-state index in [0.29, 0.717) is 11.9 Å². The van der Waals surface area contributed by atoms with Crippen LogP contribution in [0.1, 0.15) is 25.7 Å². The molecule has 1 N–H and O–H groups in total. The number of nitrogens with one attached hydrogen (secondary N) is 1. The molecule has 2 bridgehead atoms. The molecule has 0 aliphatic carbocycles. The molecule has 4 nitrogen and oxygen atoms in total. The molecule has 3 rings (SSSR count). The third kappa shape index (κ3) is 2.17. The molecule has 0 radical (unpaired) electrons. The number of aromatic nitrogens is 1. The van der Waals surface area contributed by atoms with Crippen LogP contribution in [0, 0.1) is 0 Å². The summed E-state index contributed by atoms with van der Waals surface area (Å²) in [5, 5.41) is 3.61. The first-order valence-electron chi connectivity index (χ1n) is 6.75. The van der Waals surface area contributed by atoms with E-state index in [9.17, 15) is 0 Å². The second-order valence-corrected chi connectivity index (χ2v) is 5.45. The Morgan fingerprint density at radius 1 is 1.28 bits per heavy atom. The lowest BCUT2D eigenvalue weighted by molar-refractivity contribution is 0.169. The van der Waals surface area contributed by atoms with Crippen molar-refractivity contribution >= 4 is 5.69 Å². The van der Waals surface area contributed by atoms with Crippen LogP contribution in [0.15, 0.2) is 18.3 Å². The van der Waals surface area contributed by atoms with Gasteiger partial charge in [-0.15, -0.1) is 0 Å². The number of hydrogen-bond acceptors (Lipinski definition) is 4. The van der Waals surface area contributed by atoms with Crippen molar-refractivity contribution in [3.8, 4) is 5.88 Å². The molecule has 0 spiro atoms. The van der Waals surface area contributed by atoms with Crippen LogP contribution < -0.4 is 10.1 Å². The van der Waals surface area contributed by atoms with Gasteiger partial charge in [-0.25, -0.2) is 4.98 Å². The first-order valence-corrected chi connectivity index (χ1v) is 6.75. The molecule has 2 aliphatic heterocycles. The summed E-state index contributed by atoms with van der Waals surface area (Å²) in [4.78, 5) is 6.80. The summed E-state index contributed by atoms with van der Waals surface area (Å²) >= 11 is 0. The maximum absolute atomic E-state index is 5.07. The second-order valence-electron chi connectivity index (χ2n) is 5.45. The summed E-state index contributed by atoms with van der Waals surface area (Å²) in [6, 6.07) is 6.09. The van der Waals surface area contributed by atoms with Crippen LogP contribution in [-0.4, -0.2) is 42.2 Å². The van der Waals surface area contributed by atoms with E-state index in [0.717, 1.165) is 17.8 Å². The molecule has 4 heteroatoms. The Bertz CT molecular complexity index is 392. The normalized spacial score (nSPS) is 31.3. The Hall–Kier alpha value is -1.29. The number of nitrogens with zero attached hydrogens (tertiary/aromatic N) is 2. The quantitative estimate of drug-likeness (QED) is 0.888. The fourth-order valence-electron chi connectivity index (χ4n) is 3.35. The second kappa shape index (κ2) is 4.76. The van der Waals surface area contributed by atoms with Gasteiger partial charge in [0.1, 0.15) is 0 Å². The summed E-state index contributed by atoms with van der Waals surface area (Å²) < 4.78 is 5.07. The largest absolute Gasteiger partial charge is 0.481 e. The number of fused-ring (bicyclic) bond motifs is 2. The third-order valence-corrected chi connectivity index (χ3v) is 4.41. The lowest BCUT2D eigenvalue weighted by Gasteiger charge is -2.37. The molecule has 0 saturated carbocycles. The maximum Gasteiger partial charge on any atom is 0.213 e. The van der Waals surface area contributed by atoms with Crippen LogP contribution in [0.25, 0.3) is 0 Å². The molecule has 0 aromatic carbocycles. The first-order chi connectivity index (χ1) is 8.76. The van der Waals surface area contributed by atoms with Crippen molar-refractivity contribution in [3.63, 3.8) is 0 Å². The predicted octanol–water partition coefficient (Wildman–Crippen LogP) is 2.13. The van der Waals surface area contributed by atoms with Crippen LogP contribution in [-0.2, 0) is 0 Å². The van der Waals surface area contributed by atoms with Gasteiger partial charge in [0.05, 0.1) is 19.0 Å². The highest BCUT2D eigenvalue weighted by Gasteiger charge is 2.38. The number of pyridine rings is 1. The molecule has 3 heterocycles. The van der Waals surface area contributed by atoms with E-state index in [2.05, 4.69) is 22.2 Å². The van der Waals surface area contributed by atoms with E-state index >= 15 is 0 Å². The standard InChI is InChI=1S/C14H21N3O/c1-17-12-4-5-13(17)8-11(7-12)16-10-3-6-14(18-2)15-9-10/h3,6,9,11-13,16H,4-5,7-8H2,1-2H3. The van der Waals surface area contributed by atoms with E-state index < -0.39 is 0 Å². The van der Waals surface area contributed by atoms with Crippen molar-refractivity contribution in [2.75, 3.05) is 19.5 Å². The predicted molar refractivity (Wildman–Crippen MR) is 72.0 cm³/mol. The van der Waals surface area contributed by atoms with Crippen molar-refractivity contribution in [2.45, 2.75) is 43.8 Å². The van der Waals surface area contributed by atoms with E-state index in [1.54, 1.807) is 7.11 Å². The first kappa shape index (κ1) is 11.8. The van der Waals surface area contributed by atoms with Gasteiger partial charge in [0.15, 0.2) is 0 Å². The minimum Gasteiger partial charge on any atom is -0.481 e. The number of piperidine rings is 1. The number of ether oxygens (including phenoxy) is 1. The van der Waals surface area contributed by atoms with Gasteiger partial charge in [-0.1, -0.05) is 0 Å². The number of methoxy groups -OCH3 is 1. The molecule has 1 aromatic heterocycles. The van der Waals surface area contributed by atoms with Crippen LogP contribution in [0.4, 0.5) is 5.69 Å². The Balaban J connectivity index is 1.63. The van der Waals surface area contributed by atoms with Crippen LogP contribution in [0.2, 0.25) is 0 Å². The van der Waals surface area contributed by atoms with Crippen molar-refractivity contribution in [2.24, 2.45) is 0 Å². The van der Waals surface area contributed by atoms with Crippen molar-refractivity contribution in [1.29, 1.82) is 0 Å². The average molecular weight is 247 g/mol. The van der Waals surface area contributed by atoms with E-state index in [4.69, 9.17) is 4.74 Å². The zero-order valence-corrected chi connectivity index (χ0v) is 11.1. The van der Waals surface area contributed by atoms with Gasteiger partial charge >= 0.3 is 0 Å². The van der Waals surface area contributed by atoms with E-state index in [-0.39, 0.29) is 0 Å². The maximum atomic E-state index is 5.07. The number of hydrogen-bond donors (Lipinski definition) is 1. The summed E-state index contributed by atoms with van der Waals surface area (Å²) in [7, 11) is 3.91. The molecule has 2 fully saturated rings. The van der Waals surface area contributed by atoms with Gasteiger partial charge in [-0.3, -0.25) is 0 Å². The molecule has 98 valence electrons. The monoisotopic (exact) mass is 247 g/mol. The van der Waals surface area contributed by atoms with Crippen molar-refractivity contribution in [1.82, 2.24) is 9.88 Å². The summed E-state index contributed by atoms with van der Waals surface area (Å²) in [5.74, 6) is 0.670. The fraction of sp³-hybridized carbons (Fsp3) is 0.643. The lowest BCUT2D eigenvalue weighted by Crippen LogP contribution is -2.44. The molecular weight excluding hydrogens is 226 g/mol. The Morgan fingerprint density at radius 3 is 2.56 bits per heavy atom. The van der Waals surface area contributed by atoms with Gasteiger partial charge in [0, 0.05) is 24.2 Å². The minimum absolute atomic E-state index is 0.592. The van der Waals surface area contributed by atoms with Crippen LogP contribution in [0.5, 0.6) is 5.88 Å². The molecule has 0 amide bonds.